The van der Waals surface area contributed by atoms with Gasteiger partial charge in [0.15, 0.2) is 0 Å². The molecule has 4 rings (SSSR count). The van der Waals surface area contributed by atoms with Crippen LogP contribution in [0.15, 0.2) is 71.3 Å². The molecule has 2 N–H and O–H groups in total. The molecule has 0 aliphatic heterocycles. The molecule has 0 spiro atoms. The number of para-hydroxylation sites is 2. The van der Waals surface area contributed by atoms with Gasteiger partial charge in [0.25, 0.3) is 5.91 Å². The molecule has 0 bridgehead atoms. The molecular formula is C24H21FN4O3. The van der Waals surface area contributed by atoms with Gasteiger partial charge >= 0.3 is 0 Å². The molecule has 0 saturated carbocycles. The normalized spacial score (nSPS) is 10.6. The Morgan fingerprint density at radius 3 is 2.62 bits per heavy atom. The van der Waals surface area contributed by atoms with Gasteiger partial charge in [0, 0.05) is 16.8 Å². The molecule has 1 amide bonds. The second-order valence-electron chi connectivity index (χ2n) is 7.06. The van der Waals surface area contributed by atoms with Crippen LogP contribution in [0.2, 0.25) is 0 Å². The predicted molar refractivity (Wildman–Crippen MR) is 119 cm³/mol. The zero-order valence-electron chi connectivity index (χ0n) is 17.6. The molecule has 0 radical (unpaired) electrons. The van der Waals surface area contributed by atoms with Crippen molar-refractivity contribution >= 4 is 17.3 Å². The number of amides is 1. The van der Waals surface area contributed by atoms with E-state index in [4.69, 9.17) is 9.26 Å². The number of aryl methyl sites for hydroxylation is 1. The summed E-state index contributed by atoms with van der Waals surface area (Å²) in [4.78, 5) is 16.8. The summed E-state index contributed by atoms with van der Waals surface area (Å²) < 4.78 is 24.2. The van der Waals surface area contributed by atoms with Crippen LogP contribution in [0.1, 0.15) is 21.8 Å². The van der Waals surface area contributed by atoms with Crippen LogP contribution < -0.4 is 15.4 Å². The van der Waals surface area contributed by atoms with Crippen molar-refractivity contribution in [2.24, 2.45) is 0 Å². The summed E-state index contributed by atoms with van der Waals surface area (Å²) in [7, 11) is 1.55. The van der Waals surface area contributed by atoms with Gasteiger partial charge < -0.3 is 19.9 Å². The number of hydrogen-bond donors (Lipinski definition) is 2. The van der Waals surface area contributed by atoms with Crippen LogP contribution in [0.4, 0.5) is 15.8 Å². The standard InChI is InChI=1S/C24H21FN4O3/c1-15-7-8-17(13-19(15)25)23-28-22(32-29-23)14-26-18-11-9-16(10-12-18)24(30)27-20-5-3-4-6-21(20)31-2/h3-13,26H,14H2,1-2H3,(H,27,30). The molecule has 7 nitrogen and oxygen atoms in total. The smallest absolute Gasteiger partial charge is 0.255 e. The quantitative estimate of drug-likeness (QED) is 0.424. The molecule has 0 fully saturated rings. The molecule has 0 atom stereocenters. The molecule has 0 aliphatic rings. The van der Waals surface area contributed by atoms with Crippen molar-refractivity contribution in [3.63, 3.8) is 0 Å². The average Bonchev–Trinajstić information content (AvgIpc) is 3.29. The summed E-state index contributed by atoms with van der Waals surface area (Å²) in [6, 6.07) is 19.0. The van der Waals surface area contributed by atoms with Crippen LogP contribution >= 0.6 is 0 Å². The zero-order chi connectivity index (χ0) is 22.5. The van der Waals surface area contributed by atoms with E-state index in [2.05, 4.69) is 20.8 Å². The van der Waals surface area contributed by atoms with Gasteiger partial charge in [-0.2, -0.15) is 4.98 Å². The maximum absolute atomic E-state index is 13.8. The fourth-order valence-corrected chi connectivity index (χ4v) is 3.04. The molecule has 0 saturated heterocycles. The second kappa shape index (κ2) is 9.30. The first-order valence-corrected chi connectivity index (χ1v) is 9.91. The second-order valence-corrected chi connectivity index (χ2v) is 7.06. The van der Waals surface area contributed by atoms with E-state index >= 15 is 0 Å². The summed E-state index contributed by atoms with van der Waals surface area (Å²) in [5.74, 6) is 0.712. The fraction of sp³-hybridized carbons (Fsp3) is 0.125. The third-order valence-corrected chi connectivity index (χ3v) is 4.84. The van der Waals surface area contributed by atoms with Crippen LogP contribution in [0, 0.1) is 12.7 Å². The van der Waals surface area contributed by atoms with Crippen molar-refractivity contribution in [2.75, 3.05) is 17.7 Å². The molecule has 0 unspecified atom stereocenters. The Labute approximate surface area is 184 Å². The lowest BCUT2D eigenvalue weighted by Crippen LogP contribution is -2.12. The minimum Gasteiger partial charge on any atom is -0.495 e. The van der Waals surface area contributed by atoms with Crippen molar-refractivity contribution < 1.29 is 18.4 Å². The third-order valence-electron chi connectivity index (χ3n) is 4.84. The van der Waals surface area contributed by atoms with Gasteiger partial charge in [-0.05, 0) is 55.0 Å². The van der Waals surface area contributed by atoms with Crippen LogP contribution in [0.25, 0.3) is 11.4 Å². The molecule has 162 valence electrons. The van der Waals surface area contributed by atoms with Crippen LogP contribution in [-0.4, -0.2) is 23.2 Å². The van der Waals surface area contributed by atoms with E-state index < -0.39 is 0 Å². The van der Waals surface area contributed by atoms with Gasteiger partial charge in [-0.25, -0.2) is 4.39 Å². The van der Waals surface area contributed by atoms with Crippen LogP contribution in [0.5, 0.6) is 5.75 Å². The molecule has 8 heteroatoms. The summed E-state index contributed by atoms with van der Waals surface area (Å²) >= 11 is 0. The lowest BCUT2D eigenvalue weighted by Gasteiger charge is -2.10. The summed E-state index contributed by atoms with van der Waals surface area (Å²) in [6.45, 7) is 1.98. The van der Waals surface area contributed by atoms with Crippen molar-refractivity contribution in [1.29, 1.82) is 0 Å². The zero-order valence-corrected chi connectivity index (χ0v) is 17.6. The molecule has 0 aliphatic carbocycles. The number of rotatable bonds is 7. The number of ether oxygens (including phenoxy) is 1. The van der Waals surface area contributed by atoms with Gasteiger partial charge in [-0.3, -0.25) is 4.79 Å². The van der Waals surface area contributed by atoms with Crippen LogP contribution in [-0.2, 0) is 6.54 Å². The lowest BCUT2D eigenvalue weighted by atomic mass is 10.1. The van der Waals surface area contributed by atoms with E-state index in [1.54, 1.807) is 62.6 Å². The predicted octanol–water partition coefficient (Wildman–Crippen LogP) is 5.06. The minimum atomic E-state index is -0.318. The number of aromatic nitrogens is 2. The largest absolute Gasteiger partial charge is 0.495 e. The van der Waals surface area contributed by atoms with Gasteiger partial charge in [0.05, 0.1) is 19.3 Å². The topological polar surface area (TPSA) is 89.3 Å². The molecule has 1 aromatic heterocycles. The SMILES string of the molecule is COc1ccccc1NC(=O)c1ccc(NCc2nc(-c3ccc(C)c(F)c3)no2)cc1. The summed E-state index contributed by atoms with van der Waals surface area (Å²) in [5.41, 5.74) is 2.98. The molecule has 32 heavy (non-hydrogen) atoms. The highest BCUT2D eigenvalue weighted by atomic mass is 19.1. The highest BCUT2D eigenvalue weighted by molar-refractivity contribution is 6.05. The number of carbonyl (C=O) groups is 1. The average molecular weight is 432 g/mol. The first kappa shape index (κ1) is 21.0. The molecule has 3 aromatic carbocycles. The van der Waals surface area contributed by atoms with Crippen LogP contribution in [0.3, 0.4) is 0 Å². The Morgan fingerprint density at radius 1 is 1.09 bits per heavy atom. The van der Waals surface area contributed by atoms with E-state index in [0.29, 0.717) is 39.8 Å². The van der Waals surface area contributed by atoms with E-state index in [9.17, 15) is 9.18 Å². The number of anilines is 2. The molecule has 1 heterocycles. The van der Waals surface area contributed by atoms with E-state index in [-0.39, 0.29) is 18.3 Å². The number of benzene rings is 3. The lowest BCUT2D eigenvalue weighted by molar-refractivity contribution is 0.102. The van der Waals surface area contributed by atoms with Gasteiger partial charge in [0.1, 0.15) is 11.6 Å². The molecular weight excluding hydrogens is 411 g/mol. The first-order chi connectivity index (χ1) is 15.5. The Morgan fingerprint density at radius 2 is 1.88 bits per heavy atom. The van der Waals surface area contributed by atoms with E-state index in [1.807, 2.05) is 12.1 Å². The van der Waals surface area contributed by atoms with E-state index in [1.165, 1.54) is 6.07 Å². The Balaban J connectivity index is 1.36. The number of nitrogens with one attached hydrogen (secondary N) is 2. The van der Waals surface area contributed by atoms with Crippen molar-refractivity contribution in [2.45, 2.75) is 13.5 Å². The minimum absolute atomic E-state index is 0.243. The van der Waals surface area contributed by atoms with Crippen molar-refractivity contribution in [3.8, 4) is 17.1 Å². The van der Waals surface area contributed by atoms with Gasteiger partial charge in [0.2, 0.25) is 11.7 Å². The number of nitrogens with zero attached hydrogens (tertiary/aromatic N) is 2. The number of halogens is 1. The first-order valence-electron chi connectivity index (χ1n) is 9.91. The third kappa shape index (κ3) is 4.75. The maximum atomic E-state index is 13.8. The van der Waals surface area contributed by atoms with Crippen molar-refractivity contribution in [3.05, 3.63) is 89.6 Å². The van der Waals surface area contributed by atoms with Crippen molar-refractivity contribution in [1.82, 2.24) is 10.1 Å². The number of hydrogen-bond acceptors (Lipinski definition) is 6. The Hall–Kier alpha value is -4.20. The summed E-state index contributed by atoms with van der Waals surface area (Å²) in [6.07, 6.45) is 0. The highest BCUT2D eigenvalue weighted by Gasteiger charge is 2.12. The Bertz CT molecular complexity index is 1240. The monoisotopic (exact) mass is 432 g/mol. The van der Waals surface area contributed by atoms with E-state index in [0.717, 1.165) is 5.69 Å². The number of carbonyl (C=O) groups excluding carboxylic acids is 1. The fourth-order valence-electron chi connectivity index (χ4n) is 3.04. The summed E-state index contributed by atoms with van der Waals surface area (Å²) in [5, 5.41) is 9.90. The highest BCUT2D eigenvalue weighted by Crippen LogP contribution is 2.24. The molecule has 4 aromatic rings. The Kier molecular flexibility index (Phi) is 6.12. The number of methoxy groups -OCH3 is 1. The van der Waals surface area contributed by atoms with Gasteiger partial charge in [-0.1, -0.05) is 29.4 Å². The maximum Gasteiger partial charge on any atom is 0.255 e. The van der Waals surface area contributed by atoms with Gasteiger partial charge in [-0.15, -0.1) is 0 Å².